The van der Waals surface area contributed by atoms with E-state index in [0.717, 1.165) is 0 Å². The highest BCUT2D eigenvalue weighted by atomic mass is 32.1. The minimum Gasteiger partial charge on any atom is -0.354 e. The maximum atomic E-state index is 11.9. The lowest BCUT2D eigenvalue weighted by Gasteiger charge is -2.22. The molecular weight excluding hydrogens is 290 g/mol. The topological polar surface area (TPSA) is 101 Å². The first-order chi connectivity index (χ1) is 9.56. The van der Waals surface area contributed by atoms with Crippen LogP contribution < -0.4 is 16.4 Å². The van der Waals surface area contributed by atoms with Crippen molar-refractivity contribution in [2.24, 2.45) is 11.1 Å². The Morgan fingerprint density at radius 3 is 2.24 bits per heavy atom. The molecule has 0 bridgehead atoms. The number of rotatable bonds is 8. The van der Waals surface area contributed by atoms with Gasteiger partial charge in [0.1, 0.15) is 11.8 Å². The molecule has 0 aliphatic heterocycles. The van der Waals surface area contributed by atoms with Gasteiger partial charge in [-0.2, -0.15) is 12.6 Å². The second kappa shape index (κ2) is 9.04. The normalized spacial score (nSPS) is 14.2. The summed E-state index contributed by atoms with van der Waals surface area (Å²) >= 11 is 4.08. The molecule has 0 aromatic heterocycles. The summed E-state index contributed by atoms with van der Waals surface area (Å²) in [5.41, 5.74) is 5.53. The van der Waals surface area contributed by atoms with E-state index in [1.807, 2.05) is 20.8 Å². The van der Waals surface area contributed by atoms with Crippen LogP contribution >= 0.6 is 12.6 Å². The second-order valence-electron chi connectivity index (χ2n) is 6.34. The van der Waals surface area contributed by atoms with Crippen molar-refractivity contribution in [1.29, 1.82) is 0 Å². The molecule has 0 saturated carbocycles. The number of hydrogen-bond acceptors (Lipinski definition) is 5. The van der Waals surface area contributed by atoms with Crippen molar-refractivity contribution in [3.05, 3.63) is 0 Å². The van der Waals surface area contributed by atoms with Gasteiger partial charge in [-0.1, -0.05) is 20.8 Å². The van der Waals surface area contributed by atoms with E-state index in [4.69, 9.17) is 5.73 Å². The zero-order valence-electron chi connectivity index (χ0n) is 13.2. The third-order valence-corrected chi connectivity index (χ3v) is 3.20. The van der Waals surface area contributed by atoms with Crippen LogP contribution in [0.15, 0.2) is 0 Å². The zero-order valence-corrected chi connectivity index (χ0v) is 14.1. The molecule has 4 N–H and O–H groups in total. The smallest absolute Gasteiger partial charge is 0.243 e. The van der Waals surface area contributed by atoms with Crippen LogP contribution in [0.5, 0.6) is 0 Å². The third kappa shape index (κ3) is 9.47. The van der Waals surface area contributed by atoms with Crippen LogP contribution in [0.3, 0.4) is 0 Å². The molecule has 0 aliphatic rings. The van der Waals surface area contributed by atoms with Crippen LogP contribution in [0.4, 0.5) is 0 Å². The Labute approximate surface area is 132 Å². The fraction of sp³-hybridized carbons (Fsp3) is 0.786. The largest absolute Gasteiger partial charge is 0.354 e. The van der Waals surface area contributed by atoms with Crippen LogP contribution in [0.2, 0.25) is 0 Å². The fourth-order valence-corrected chi connectivity index (χ4v) is 1.68. The van der Waals surface area contributed by atoms with E-state index in [1.165, 1.54) is 6.92 Å². The first-order valence-electron chi connectivity index (χ1n) is 7.01. The van der Waals surface area contributed by atoms with Crippen molar-refractivity contribution in [2.45, 2.75) is 52.6 Å². The molecule has 0 spiro atoms. The monoisotopic (exact) mass is 317 g/mol. The van der Waals surface area contributed by atoms with Gasteiger partial charge in [-0.15, -0.1) is 0 Å². The molecule has 2 amide bonds. The predicted molar refractivity (Wildman–Crippen MR) is 86.1 cm³/mol. The Kier molecular flexibility index (Phi) is 8.58. The first-order valence-corrected chi connectivity index (χ1v) is 7.64. The van der Waals surface area contributed by atoms with Crippen LogP contribution in [-0.4, -0.2) is 42.0 Å². The highest BCUT2D eigenvalue weighted by Crippen LogP contribution is 2.10. The summed E-state index contributed by atoms with van der Waals surface area (Å²) in [6.07, 6.45) is 0.377. The number of amides is 2. The number of nitrogens with two attached hydrogens (primary N) is 1. The Bertz CT molecular complexity index is 380. The molecule has 0 aromatic carbocycles. The van der Waals surface area contributed by atoms with Gasteiger partial charge in [0.05, 0.1) is 6.04 Å². The van der Waals surface area contributed by atoms with Crippen molar-refractivity contribution < 1.29 is 14.4 Å². The lowest BCUT2D eigenvalue weighted by atomic mass is 9.97. The fourth-order valence-electron chi connectivity index (χ4n) is 1.43. The summed E-state index contributed by atoms with van der Waals surface area (Å²) in [5, 5.41) is 5.38. The van der Waals surface area contributed by atoms with E-state index < -0.39 is 12.1 Å². The van der Waals surface area contributed by atoms with Gasteiger partial charge in [0.25, 0.3) is 0 Å². The van der Waals surface area contributed by atoms with Gasteiger partial charge in [0, 0.05) is 18.7 Å². The van der Waals surface area contributed by atoms with E-state index >= 15 is 0 Å². The SMILES string of the molecule is CC(=O)C(N)CCC(=O)NC(CS)C(=O)NCC(C)(C)C. The third-order valence-electron chi connectivity index (χ3n) is 2.83. The number of ketones is 1. The van der Waals surface area contributed by atoms with E-state index in [0.29, 0.717) is 6.54 Å². The van der Waals surface area contributed by atoms with Gasteiger partial charge in [-0.05, 0) is 18.8 Å². The average Bonchev–Trinajstić information content (AvgIpc) is 2.38. The maximum Gasteiger partial charge on any atom is 0.243 e. The standard InChI is InChI=1S/C14H27N3O3S/c1-9(18)10(15)5-6-12(19)17-11(7-21)13(20)16-8-14(2,3)4/h10-11,21H,5-8,15H2,1-4H3,(H,16,20)(H,17,19). The molecule has 0 aromatic rings. The van der Waals surface area contributed by atoms with Gasteiger partial charge < -0.3 is 16.4 Å². The lowest BCUT2D eigenvalue weighted by Crippen LogP contribution is -2.49. The van der Waals surface area contributed by atoms with Crippen molar-refractivity contribution in [1.82, 2.24) is 10.6 Å². The minimum absolute atomic E-state index is 0.0327. The number of hydrogen-bond donors (Lipinski definition) is 4. The molecule has 122 valence electrons. The van der Waals surface area contributed by atoms with Crippen molar-refractivity contribution in [2.75, 3.05) is 12.3 Å². The molecule has 0 aliphatic carbocycles. The number of carbonyl (C=O) groups is 3. The Morgan fingerprint density at radius 1 is 1.24 bits per heavy atom. The van der Waals surface area contributed by atoms with Gasteiger partial charge in [0.2, 0.25) is 11.8 Å². The zero-order chi connectivity index (χ0) is 16.6. The predicted octanol–water partition coefficient (Wildman–Crippen LogP) is 0.260. The second-order valence-corrected chi connectivity index (χ2v) is 6.70. The van der Waals surface area contributed by atoms with Crippen molar-refractivity contribution in [3.63, 3.8) is 0 Å². The van der Waals surface area contributed by atoms with E-state index in [2.05, 4.69) is 23.3 Å². The molecule has 2 unspecified atom stereocenters. The summed E-state index contributed by atoms with van der Waals surface area (Å²) in [6.45, 7) is 7.92. The number of Topliss-reactive ketones (excluding diaryl/α,β-unsaturated/α-hetero) is 1. The molecule has 0 heterocycles. The highest BCUT2D eigenvalue weighted by molar-refractivity contribution is 7.80. The van der Waals surface area contributed by atoms with Crippen LogP contribution in [0, 0.1) is 5.41 Å². The van der Waals surface area contributed by atoms with Gasteiger partial charge in [-0.3, -0.25) is 14.4 Å². The molecule has 2 atom stereocenters. The summed E-state index contributed by atoms with van der Waals surface area (Å²) in [7, 11) is 0. The summed E-state index contributed by atoms with van der Waals surface area (Å²) in [5.74, 6) is -0.516. The number of thiol groups is 1. The molecular formula is C14H27N3O3S. The number of nitrogens with one attached hydrogen (secondary N) is 2. The lowest BCUT2D eigenvalue weighted by molar-refractivity contribution is -0.129. The van der Waals surface area contributed by atoms with E-state index in [9.17, 15) is 14.4 Å². The molecule has 6 nitrogen and oxygen atoms in total. The summed E-state index contributed by atoms with van der Waals surface area (Å²) < 4.78 is 0. The Morgan fingerprint density at radius 2 is 1.81 bits per heavy atom. The number of carbonyl (C=O) groups excluding carboxylic acids is 3. The molecule has 0 radical (unpaired) electrons. The van der Waals surface area contributed by atoms with Crippen LogP contribution in [-0.2, 0) is 14.4 Å². The molecule has 21 heavy (non-hydrogen) atoms. The van der Waals surface area contributed by atoms with Crippen LogP contribution in [0.25, 0.3) is 0 Å². The quantitative estimate of drug-likeness (QED) is 0.482. The van der Waals surface area contributed by atoms with Crippen molar-refractivity contribution in [3.8, 4) is 0 Å². The first kappa shape index (κ1) is 19.9. The molecule has 0 rings (SSSR count). The molecule has 0 saturated heterocycles. The summed E-state index contributed by atoms with van der Waals surface area (Å²) in [6, 6.07) is -1.32. The van der Waals surface area contributed by atoms with Gasteiger partial charge in [-0.25, -0.2) is 0 Å². The minimum atomic E-state index is -0.684. The molecule has 0 fully saturated rings. The van der Waals surface area contributed by atoms with Gasteiger partial charge >= 0.3 is 0 Å². The highest BCUT2D eigenvalue weighted by Gasteiger charge is 2.21. The van der Waals surface area contributed by atoms with E-state index in [1.54, 1.807) is 0 Å². The summed E-state index contributed by atoms with van der Waals surface area (Å²) in [4.78, 5) is 34.7. The Hall–Kier alpha value is -1.08. The van der Waals surface area contributed by atoms with Gasteiger partial charge in [0.15, 0.2) is 0 Å². The molecule has 7 heteroatoms. The average molecular weight is 317 g/mol. The van der Waals surface area contributed by atoms with E-state index in [-0.39, 0.29) is 41.6 Å². The Balaban J connectivity index is 4.26. The van der Waals surface area contributed by atoms with Crippen LogP contribution in [0.1, 0.15) is 40.5 Å². The maximum absolute atomic E-state index is 11.9. The van der Waals surface area contributed by atoms with Crippen molar-refractivity contribution >= 4 is 30.2 Å².